The first-order valence-electron chi connectivity index (χ1n) is 7.22. The van der Waals surface area contributed by atoms with Crippen LogP contribution in [0.25, 0.3) is 11.4 Å². The molecule has 1 amide bonds. The van der Waals surface area contributed by atoms with Crippen molar-refractivity contribution < 1.29 is 9.53 Å². The van der Waals surface area contributed by atoms with Crippen molar-refractivity contribution in [3.63, 3.8) is 0 Å². The Morgan fingerprint density at radius 2 is 2.09 bits per heavy atom. The minimum absolute atomic E-state index is 0.0653. The number of amides is 1. The number of nitrogens with zero attached hydrogens (tertiary/aromatic N) is 3. The maximum atomic E-state index is 11.7. The number of carbonyl (C=O) groups is 1. The van der Waals surface area contributed by atoms with E-state index in [1.807, 2.05) is 32.9 Å². The Hall–Kier alpha value is -2.34. The molecule has 22 heavy (non-hydrogen) atoms. The van der Waals surface area contributed by atoms with Crippen LogP contribution in [0.4, 0.5) is 0 Å². The van der Waals surface area contributed by atoms with Gasteiger partial charge in [-0.3, -0.25) is 9.78 Å². The van der Waals surface area contributed by atoms with Gasteiger partial charge in [0.2, 0.25) is 5.91 Å². The molecular weight excluding hydrogens is 280 g/mol. The van der Waals surface area contributed by atoms with Crippen LogP contribution in [0.2, 0.25) is 0 Å². The molecule has 6 nitrogen and oxygen atoms in total. The van der Waals surface area contributed by atoms with E-state index in [0.717, 1.165) is 16.8 Å². The average Bonchev–Trinajstić information content (AvgIpc) is 2.53. The molecule has 116 valence electrons. The molecule has 1 N–H and O–H groups in total. The Bertz CT molecular complexity index is 631. The zero-order valence-corrected chi connectivity index (χ0v) is 13.0. The van der Waals surface area contributed by atoms with Crippen molar-refractivity contribution in [2.75, 3.05) is 13.2 Å². The van der Waals surface area contributed by atoms with E-state index in [1.54, 1.807) is 18.6 Å². The van der Waals surface area contributed by atoms with Crippen LogP contribution in [-0.2, 0) is 9.53 Å². The molecule has 1 atom stereocenters. The fraction of sp³-hybridized carbons (Fsp3) is 0.375. The Kier molecular flexibility index (Phi) is 5.55. The van der Waals surface area contributed by atoms with Gasteiger partial charge in [0, 0.05) is 42.0 Å². The van der Waals surface area contributed by atoms with Crippen LogP contribution in [-0.4, -0.2) is 34.1 Å². The minimum Gasteiger partial charge on any atom is -0.372 e. The van der Waals surface area contributed by atoms with Gasteiger partial charge in [0.15, 0.2) is 5.82 Å². The summed E-state index contributed by atoms with van der Waals surface area (Å²) >= 11 is 0. The second kappa shape index (κ2) is 7.61. The number of ether oxygens (including phenoxy) is 1. The molecule has 0 radical (unpaired) electrons. The van der Waals surface area contributed by atoms with Gasteiger partial charge >= 0.3 is 0 Å². The number of aromatic nitrogens is 3. The van der Waals surface area contributed by atoms with Crippen molar-refractivity contribution in [1.82, 2.24) is 20.3 Å². The predicted molar refractivity (Wildman–Crippen MR) is 83.1 cm³/mol. The summed E-state index contributed by atoms with van der Waals surface area (Å²) in [5.74, 6) is 0.503. The van der Waals surface area contributed by atoms with E-state index in [-0.39, 0.29) is 18.6 Å². The van der Waals surface area contributed by atoms with Crippen LogP contribution in [0.3, 0.4) is 0 Å². The number of hydrogen-bond acceptors (Lipinski definition) is 5. The summed E-state index contributed by atoms with van der Waals surface area (Å²) in [5.41, 5.74) is 2.64. The second-order valence-corrected chi connectivity index (χ2v) is 4.90. The van der Waals surface area contributed by atoms with E-state index in [1.165, 1.54) is 0 Å². The van der Waals surface area contributed by atoms with Crippen LogP contribution in [0, 0.1) is 6.92 Å². The minimum atomic E-state index is -0.167. The Morgan fingerprint density at radius 3 is 2.73 bits per heavy atom. The van der Waals surface area contributed by atoms with Gasteiger partial charge in [-0.2, -0.15) is 0 Å². The van der Waals surface area contributed by atoms with Gasteiger partial charge in [-0.15, -0.1) is 0 Å². The summed E-state index contributed by atoms with van der Waals surface area (Å²) in [6, 6.07) is 3.56. The van der Waals surface area contributed by atoms with Crippen molar-refractivity contribution >= 4 is 5.91 Å². The van der Waals surface area contributed by atoms with Gasteiger partial charge < -0.3 is 10.1 Å². The van der Waals surface area contributed by atoms with Crippen molar-refractivity contribution in [3.05, 3.63) is 42.0 Å². The lowest BCUT2D eigenvalue weighted by Crippen LogP contribution is -2.30. The molecule has 0 aliphatic rings. The monoisotopic (exact) mass is 300 g/mol. The lowest BCUT2D eigenvalue weighted by molar-refractivity contribution is -0.126. The zero-order valence-electron chi connectivity index (χ0n) is 13.0. The van der Waals surface area contributed by atoms with E-state index in [0.29, 0.717) is 12.4 Å². The highest BCUT2D eigenvalue weighted by molar-refractivity contribution is 5.77. The molecule has 2 aromatic heterocycles. The highest BCUT2D eigenvalue weighted by Gasteiger charge is 2.14. The summed E-state index contributed by atoms with van der Waals surface area (Å²) in [5, 5.41) is 2.88. The Labute approximate surface area is 130 Å². The Balaban J connectivity index is 2.11. The van der Waals surface area contributed by atoms with E-state index in [9.17, 15) is 4.79 Å². The first kappa shape index (κ1) is 16.0. The van der Waals surface area contributed by atoms with Gasteiger partial charge in [0.1, 0.15) is 6.61 Å². The van der Waals surface area contributed by atoms with Crippen molar-refractivity contribution in [2.45, 2.75) is 26.8 Å². The van der Waals surface area contributed by atoms with Gasteiger partial charge in [-0.05, 0) is 32.9 Å². The fourth-order valence-corrected chi connectivity index (χ4v) is 2.10. The molecule has 0 fully saturated rings. The van der Waals surface area contributed by atoms with Gasteiger partial charge in [0.25, 0.3) is 0 Å². The summed E-state index contributed by atoms with van der Waals surface area (Å²) in [7, 11) is 0. The second-order valence-electron chi connectivity index (χ2n) is 4.90. The summed E-state index contributed by atoms with van der Waals surface area (Å²) in [6.45, 7) is 6.25. The lowest BCUT2D eigenvalue weighted by Gasteiger charge is -2.16. The molecule has 0 saturated heterocycles. The largest absolute Gasteiger partial charge is 0.372 e. The molecular formula is C16H20N4O2. The summed E-state index contributed by atoms with van der Waals surface area (Å²) in [4.78, 5) is 24.6. The fourth-order valence-electron chi connectivity index (χ4n) is 2.10. The predicted octanol–water partition coefficient (Wildman–Crippen LogP) is 2.06. The molecule has 0 bridgehead atoms. The molecule has 6 heteroatoms. The normalized spacial score (nSPS) is 12.0. The quantitative estimate of drug-likeness (QED) is 0.883. The maximum Gasteiger partial charge on any atom is 0.246 e. The third kappa shape index (κ3) is 4.08. The number of carbonyl (C=O) groups excluding carboxylic acids is 1. The first-order valence-corrected chi connectivity index (χ1v) is 7.22. The van der Waals surface area contributed by atoms with E-state index in [4.69, 9.17) is 4.74 Å². The van der Waals surface area contributed by atoms with E-state index in [2.05, 4.69) is 20.3 Å². The van der Waals surface area contributed by atoms with Gasteiger partial charge in [-0.25, -0.2) is 9.97 Å². The number of rotatable bonds is 6. The van der Waals surface area contributed by atoms with Gasteiger partial charge in [-0.1, -0.05) is 0 Å². The first-order chi connectivity index (χ1) is 10.6. The third-order valence-electron chi connectivity index (χ3n) is 3.24. The zero-order chi connectivity index (χ0) is 15.9. The van der Waals surface area contributed by atoms with Crippen molar-refractivity contribution in [2.24, 2.45) is 0 Å². The molecule has 0 aliphatic carbocycles. The molecule has 0 unspecified atom stereocenters. The molecule has 2 aromatic rings. The molecule has 0 aliphatic heterocycles. The highest BCUT2D eigenvalue weighted by atomic mass is 16.5. The standard InChI is InChI=1S/C16H20N4O2/c1-4-22-10-15(21)19-11(2)14-9-18-16(20-12(14)3)13-5-7-17-8-6-13/h5-9,11H,4,10H2,1-3H3,(H,19,21)/t11-/m1/s1. The average molecular weight is 300 g/mol. The molecule has 0 saturated carbocycles. The van der Waals surface area contributed by atoms with Crippen molar-refractivity contribution in [1.29, 1.82) is 0 Å². The van der Waals surface area contributed by atoms with Crippen LogP contribution in [0.15, 0.2) is 30.7 Å². The topological polar surface area (TPSA) is 77.0 Å². The van der Waals surface area contributed by atoms with Crippen molar-refractivity contribution in [3.8, 4) is 11.4 Å². The molecule has 0 spiro atoms. The third-order valence-corrected chi connectivity index (χ3v) is 3.24. The van der Waals surface area contributed by atoms with Crippen LogP contribution in [0.5, 0.6) is 0 Å². The number of hydrogen-bond donors (Lipinski definition) is 1. The van der Waals surface area contributed by atoms with Crippen LogP contribution < -0.4 is 5.32 Å². The van der Waals surface area contributed by atoms with Crippen LogP contribution in [0.1, 0.15) is 31.1 Å². The molecule has 2 heterocycles. The molecule has 0 aromatic carbocycles. The van der Waals surface area contributed by atoms with Gasteiger partial charge in [0.05, 0.1) is 6.04 Å². The van der Waals surface area contributed by atoms with Crippen LogP contribution >= 0.6 is 0 Å². The lowest BCUT2D eigenvalue weighted by atomic mass is 10.1. The number of nitrogens with one attached hydrogen (secondary N) is 1. The molecule has 2 rings (SSSR count). The Morgan fingerprint density at radius 1 is 1.36 bits per heavy atom. The van der Waals surface area contributed by atoms with E-state index >= 15 is 0 Å². The summed E-state index contributed by atoms with van der Waals surface area (Å²) in [6.07, 6.45) is 5.17. The summed E-state index contributed by atoms with van der Waals surface area (Å²) < 4.78 is 5.09. The number of aryl methyl sites for hydroxylation is 1. The SMILES string of the molecule is CCOCC(=O)N[C@H](C)c1cnc(-c2ccncc2)nc1C. The number of pyridine rings is 1. The smallest absolute Gasteiger partial charge is 0.246 e. The van der Waals surface area contributed by atoms with E-state index < -0.39 is 0 Å². The maximum absolute atomic E-state index is 11.7. The highest BCUT2D eigenvalue weighted by Crippen LogP contribution is 2.19.